The van der Waals surface area contributed by atoms with Crippen LogP contribution in [0.15, 0.2) is 18.3 Å². The maximum atomic E-state index is 5.87. The van der Waals surface area contributed by atoms with E-state index < -0.39 is 0 Å². The molecule has 1 aromatic heterocycles. The molecule has 0 saturated carbocycles. The lowest BCUT2D eigenvalue weighted by Gasteiger charge is -2.22. The third-order valence-corrected chi connectivity index (χ3v) is 2.71. The van der Waals surface area contributed by atoms with Gasteiger partial charge in [0, 0.05) is 12.8 Å². The maximum Gasteiger partial charge on any atom is 0.171 e. The summed E-state index contributed by atoms with van der Waals surface area (Å²) in [7, 11) is 0. The number of ether oxygens (including phenoxy) is 2. The Hall–Kier alpha value is -0.800. The average molecular weight is 228 g/mol. The summed E-state index contributed by atoms with van der Waals surface area (Å²) in [6, 6.07) is 3.63. The molecule has 3 nitrogen and oxygen atoms in total. The van der Waals surface area contributed by atoms with Crippen molar-refractivity contribution in [2.75, 3.05) is 13.2 Å². The first kappa shape index (κ1) is 10.7. The first-order chi connectivity index (χ1) is 7.36. The zero-order chi connectivity index (χ0) is 10.5. The predicted octanol–water partition coefficient (Wildman–Crippen LogP) is 2.68. The maximum absolute atomic E-state index is 5.87. The predicted molar refractivity (Wildman–Crippen MR) is 58.3 cm³/mol. The third-order valence-electron chi connectivity index (χ3n) is 2.42. The van der Waals surface area contributed by atoms with E-state index in [0.29, 0.717) is 17.5 Å². The highest BCUT2D eigenvalue weighted by Crippen LogP contribution is 2.21. The first-order valence-electron chi connectivity index (χ1n) is 5.21. The topological polar surface area (TPSA) is 31.4 Å². The van der Waals surface area contributed by atoms with E-state index in [1.54, 1.807) is 6.20 Å². The molecule has 1 atom stereocenters. The second kappa shape index (κ2) is 5.33. The Bertz CT molecular complexity index is 313. The highest BCUT2D eigenvalue weighted by molar-refractivity contribution is 6.30. The van der Waals surface area contributed by atoms with Gasteiger partial charge in [0.15, 0.2) is 10.9 Å². The summed E-state index contributed by atoms with van der Waals surface area (Å²) < 4.78 is 11.1. The molecule has 1 aromatic rings. The average Bonchev–Trinajstić information content (AvgIpc) is 2.29. The molecule has 1 fully saturated rings. The number of aromatic nitrogens is 1. The highest BCUT2D eigenvalue weighted by atomic mass is 35.5. The lowest BCUT2D eigenvalue weighted by Crippen LogP contribution is -2.25. The van der Waals surface area contributed by atoms with Gasteiger partial charge in [-0.1, -0.05) is 11.6 Å². The van der Waals surface area contributed by atoms with Gasteiger partial charge in [-0.2, -0.15) is 0 Å². The van der Waals surface area contributed by atoms with E-state index in [0.717, 1.165) is 19.4 Å². The Labute approximate surface area is 94.4 Å². The normalized spacial score (nSPS) is 21.3. The van der Waals surface area contributed by atoms with Crippen LogP contribution in [0.4, 0.5) is 0 Å². The minimum atomic E-state index is 0.204. The van der Waals surface area contributed by atoms with Crippen LogP contribution in [-0.2, 0) is 4.74 Å². The van der Waals surface area contributed by atoms with Crippen molar-refractivity contribution in [3.05, 3.63) is 23.5 Å². The molecule has 0 spiro atoms. The quantitative estimate of drug-likeness (QED) is 0.744. The third kappa shape index (κ3) is 3.08. The largest absolute Gasteiger partial charge is 0.488 e. The van der Waals surface area contributed by atoms with E-state index in [9.17, 15) is 0 Å². The van der Waals surface area contributed by atoms with Gasteiger partial charge in [-0.15, -0.1) is 0 Å². The molecule has 1 aliphatic rings. The summed E-state index contributed by atoms with van der Waals surface area (Å²) in [5.41, 5.74) is 0. The molecule has 2 heterocycles. The van der Waals surface area contributed by atoms with Crippen LogP contribution in [0.5, 0.6) is 5.75 Å². The molecule has 1 aliphatic heterocycles. The van der Waals surface area contributed by atoms with Gasteiger partial charge < -0.3 is 9.47 Å². The molecule has 0 radical (unpaired) electrons. The second-order valence-corrected chi connectivity index (χ2v) is 3.95. The number of rotatable bonds is 3. The number of hydrogen-bond acceptors (Lipinski definition) is 3. The van der Waals surface area contributed by atoms with Crippen molar-refractivity contribution < 1.29 is 9.47 Å². The fraction of sp³-hybridized carbons (Fsp3) is 0.545. The van der Waals surface area contributed by atoms with Crippen LogP contribution < -0.4 is 4.74 Å². The van der Waals surface area contributed by atoms with E-state index in [1.807, 2.05) is 12.1 Å². The van der Waals surface area contributed by atoms with Crippen LogP contribution in [0.2, 0.25) is 5.15 Å². The molecule has 4 heteroatoms. The molecule has 2 rings (SSSR count). The molecule has 0 amide bonds. The summed E-state index contributed by atoms with van der Waals surface area (Å²) in [6.45, 7) is 1.40. The van der Waals surface area contributed by atoms with E-state index in [-0.39, 0.29) is 6.10 Å². The smallest absolute Gasteiger partial charge is 0.171 e. The van der Waals surface area contributed by atoms with Crippen molar-refractivity contribution in [1.82, 2.24) is 4.98 Å². The number of nitrogens with zero attached hydrogens (tertiary/aromatic N) is 1. The molecule has 0 N–H and O–H groups in total. The van der Waals surface area contributed by atoms with Crippen molar-refractivity contribution in [3.8, 4) is 5.75 Å². The van der Waals surface area contributed by atoms with Gasteiger partial charge in [0.25, 0.3) is 0 Å². The monoisotopic (exact) mass is 227 g/mol. The van der Waals surface area contributed by atoms with Crippen LogP contribution in [0, 0.1) is 0 Å². The van der Waals surface area contributed by atoms with Gasteiger partial charge in [0.05, 0.1) is 6.10 Å². The zero-order valence-electron chi connectivity index (χ0n) is 8.49. The summed E-state index contributed by atoms with van der Waals surface area (Å²) in [4.78, 5) is 3.94. The minimum absolute atomic E-state index is 0.204. The Morgan fingerprint density at radius 2 is 2.47 bits per heavy atom. The van der Waals surface area contributed by atoms with E-state index in [1.165, 1.54) is 6.42 Å². The van der Waals surface area contributed by atoms with Crippen LogP contribution in [-0.4, -0.2) is 24.3 Å². The Balaban J connectivity index is 1.84. The van der Waals surface area contributed by atoms with Crippen LogP contribution in [0.1, 0.15) is 19.3 Å². The molecule has 15 heavy (non-hydrogen) atoms. The van der Waals surface area contributed by atoms with Crippen molar-refractivity contribution in [3.63, 3.8) is 0 Å². The van der Waals surface area contributed by atoms with Gasteiger partial charge >= 0.3 is 0 Å². The molecule has 82 valence electrons. The lowest BCUT2D eigenvalue weighted by molar-refractivity contribution is -0.0111. The molecular weight excluding hydrogens is 214 g/mol. The SMILES string of the molecule is Clc1ncccc1OCC1CCCCO1. The van der Waals surface area contributed by atoms with Gasteiger partial charge in [0.2, 0.25) is 0 Å². The van der Waals surface area contributed by atoms with E-state index >= 15 is 0 Å². The summed E-state index contributed by atoms with van der Waals surface area (Å²) in [6.07, 6.45) is 5.29. The van der Waals surface area contributed by atoms with Crippen molar-refractivity contribution in [2.45, 2.75) is 25.4 Å². The number of pyridine rings is 1. The molecular formula is C11H14ClNO2. The Morgan fingerprint density at radius 3 is 3.20 bits per heavy atom. The minimum Gasteiger partial charge on any atom is -0.488 e. The standard InChI is InChI=1S/C11H14ClNO2/c12-11-10(5-3-6-13-11)15-8-9-4-1-2-7-14-9/h3,5-6,9H,1-2,4,7-8H2. The molecule has 0 aromatic carbocycles. The van der Waals surface area contributed by atoms with E-state index in [4.69, 9.17) is 21.1 Å². The van der Waals surface area contributed by atoms with Crippen LogP contribution in [0.3, 0.4) is 0 Å². The second-order valence-electron chi connectivity index (χ2n) is 3.59. The van der Waals surface area contributed by atoms with Crippen molar-refractivity contribution in [2.24, 2.45) is 0 Å². The summed E-state index contributed by atoms with van der Waals surface area (Å²) in [5.74, 6) is 0.633. The fourth-order valence-corrected chi connectivity index (χ4v) is 1.77. The van der Waals surface area contributed by atoms with Crippen molar-refractivity contribution >= 4 is 11.6 Å². The molecule has 1 saturated heterocycles. The fourth-order valence-electron chi connectivity index (χ4n) is 1.60. The van der Waals surface area contributed by atoms with Crippen molar-refractivity contribution in [1.29, 1.82) is 0 Å². The van der Waals surface area contributed by atoms with Gasteiger partial charge in [0.1, 0.15) is 6.61 Å². The van der Waals surface area contributed by atoms with E-state index in [2.05, 4.69) is 4.98 Å². The zero-order valence-corrected chi connectivity index (χ0v) is 9.24. The van der Waals surface area contributed by atoms with Crippen LogP contribution in [0.25, 0.3) is 0 Å². The molecule has 0 bridgehead atoms. The van der Waals surface area contributed by atoms with Gasteiger partial charge in [-0.25, -0.2) is 4.98 Å². The Kier molecular flexibility index (Phi) is 3.80. The highest BCUT2D eigenvalue weighted by Gasteiger charge is 2.14. The summed E-state index contributed by atoms with van der Waals surface area (Å²) >= 11 is 5.87. The van der Waals surface area contributed by atoms with Crippen LogP contribution >= 0.6 is 11.6 Å². The lowest BCUT2D eigenvalue weighted by atomic mass is 10.1. The van der Waals surface area contributed by atoms with Gasteiger partial charge in [-0.3, -0.25) is 0 Å². The number of halogens is 1. The molecule has 1 unspecified atom stereocenters. The Morgan fingerprint density at radius 1 is 1.53 bits per heavy atom. The first-order valence-corrected chi connectivity index (χ1v) is 5.59. The summed E-state index contributed by atoms with van der Waals surface area (Å²) in [5, 5.41) is 0.410. The number of hydrogen-bond donors (Lipinski definition) is 0. The molecule has 0 aliphatic carbocycles. The van der Waals surface area contributed by atoms with Gasteiger partial charge in [-0.05, 0) is 31.4 Å².